The maximum absolute atomic E-state index is 13.8. The van der Waals surface area contributed by atoms with E-state index in [1.807, 2.05) is 25.1 Å². The quantitative estimate of drug-likeness (QED) is 0.452. The molecule has 184 valence electrons. The third-order valence-corrected chi connectivity index (χ3v) is 7.43. The maximum Gasteiger partial charge on any atom is 0.123 e. The topological polar surface area (TPSA) is 35.9 Å². The third-order valence-electron chi connectivity index (χ3n) is 7.43. The summed E-state index contributed by atoms with van der Waals surface area (Å²) in [5, 5.41) is 10.0. The van der Waals surface area contributed by atoms with Gasteiger partial charge in [-0.05, 0) is 110 Å². The summed E-state index contributed by atoms with van der Waals surface area (Å²) in [6.07, 6.45) is 5.62. The standard InChI is InChI=1S/C30H35FN2O2/c1-22-19-25(31)7-12-29(22)33-16-13-24-21-26(34)8-11-28(24)30(33)20-23-5-9-27(10-6-23)35-18-17-32-14-3-2-4-15-32/h5-12,19,21,30,34H,2-4,13-18,20H2,1H3. The molecular formula is C30H35FN2O2. The molecule has 1 N–H and O–H groups in total. The Kier molecular flexibility index (Phi) is 7.24. The van der Waals surface area contributed by atoms with Crippen LogP contribution in [0.15, 0.2) is 60.7 Å². The second kappa shape index (κ2) is 10.7. The van der Waals surface area contributed by atoms with Crippen molar-refractivity contribution in [2.45, 2.75) is 45.1 Å². The third kappa shape index (κ3) is 5.62. The number of phenolic OH excluding ortho intramolecular Hbond substituents is 1. The van der Waals surface area contributed by atoms with Crippen molar-refractivity contribution < 1.29 is 14.2 Å². The van der Waals surface area contributed by atoms with E-state index in [-0.39, 0.29) is 11.9 Å². The van der Waals surface area contributed by atoms with Crippen LogP contribution >= 0.6 is 0 Å². The molecule has 3 aromatic rings. The Balaban J connectivity index is 1.32. The van der Waals surface area contributed by atoms with Gasteiger partial charge in [0.15, 0.2) is 0 Å². The molecule has 0 spiro atoms. The highest BCUT2D eigenvalue weighted by molar-refractivity contribution is 5.58. The van der Waals surface area contributed by atoms with Gasteiger partial charge in [-0.2, -0.15) is 0 Å². The van der Waals surface area contributed by atoms with Gasteiger partial charge in [-0.1, -0.05) is 24.6 Å². The van der Waals surface area contributed by atoms with E-state index in [2.05, 4.69) is 34.1 Å². The van der Waals surface area contributed by atoms with E-state index in [0.717, 1.165) is 49.5 Å². The number of piperidine rings is 1. The number of benzene rings is 3. The number of hydrogen-bond acceptors (Lipinski definition) is 4. The van der Waals surface area contributed by atoms with E-state index in [4.69, 9.17) is 4.74 Å². The normalized spacial score (nSPS) is 18.3. The maximum atomic E-state index is 13.8. The first-order chi connectivity index (χ1) is 17.1. The van der Waals surface area contributed by atoms with Gasteiger partial charge >= 0.3 is 0 Å². The number of ether oxygens (including phenoxy) is 1. The van der Waals surface area contributed by atoms with Gasteiger partial charge in [-0.15, -0.1) is 0 Å². The van der Waals surface area contributed by atoms with Crippen molar-refractivity contribution in [1.82, 2.24) is 4.90 Å². The Bertz CT molecular complexity index is 1140. The summed E-state index contributed by atoms with van der Waals surface area (Å²) in [5.74, 6) is 1.01. The number of hydrogen-bond donors (Lipinski definition) is 1. The first-order valence-corrected chi connectivity index (χ1v) is 12.9. The summed E-state index contributed by atoms with van der Waals surface area (Å²) in [4.78, 5) is 4.87. The Morgan fingerprint density at radius 1 is 0.943 bits per heavy atom. The first-order valence-electron chi connectivity index (χ1n) is 12.9. The fourth-order valence-electron chi connectivity index (χ4n) is 5.57. The zero-order chi connectivity index (χ0) is 24.2. The van der Waals surface area contributed by atoms with Crippen LogP contribution in [0.1, 0.15) is 47.6 Å². The van der Waals surface area contributed by atoms with Gasteiger partial charge in [-0.3, -0.25) is 4.90 Å². The van der Waals surface area contributed by atoms with E-state index < -0.39 is 0 Å². The van der Waals surface area contributed by atoms with Crippen molar-refractivity contribution in [3.63, 3.8) is 0 Å². The van der Waals surface area contributed by atoms with Crippen molar-refractivity contribution in [3.05, 3.63) is 88.7 Å². The molecule has 2 aliphatic rings. The number of phenols is 1. The minimum atomic E-state index is -0.207. The minimum Gasteiger partial charge on any atom is -0.508 e. The first kappa shape index (κ1) is 23.7. The largest absolute Gasteiger partial charge is 0.508 e. The number of nitrogens with zero attached hydrogens (tertiary/aromatic N) is 2. The molecule has 1 unspecified atom stereocenters. The molecule has 2 aliphatic heterocycles. The van der Waals surface area contributed by atoms with Gasteiger partial charge in [0.1, 0.15) is 23.9 Å². The number of aryl methyl sites for hydroxylation is 1. The molecule has 0 bridgehead atoms. The molecule has 0 aliphatic carbocycles. The van der Waals surface area contributed by atoms with Gasteiger partial charge in [0.2, 0.25) is 0 Å². The molecule has 0 saturated carbocycles. The molecule has 0 aromatic heterocycles. The molecule has 1 fully saturated rings. The molecule has 4 nitrogen and oxygen atoms in total. The highest BCUT2D eigenvalue weighted by atomic mass is 19.1. The van der Waals surface area contributed by atoms with Crippen molar-refractivity contribution >= 4 is 5.69 Å². The molecule has 3 aromatic carbocycles. The number of likely N-dealkylation sites (tertiary alicyclic amines) is 1. The Morgan fingerprint density at radius 3 is 2.51 bits per heavy atom. The van der Waals surface area contributed by atoms with Crippen molar-refractivity contribution in [2.24, 2.45) is 0 Å². The monoisotopic (exact) mass is 474 g/mol. The second-order valence-corrected chi connectivity index (χ2v) is 9.87. The smallest absolute Gasteiger partial charge is 0.123 e. The van der Waals surface area contributed by atoms with Crippen molar-refractivity contribution in [1.29, 1.82) is 0 Å². The van der Waals surface area contributed by atoms with Gasteiger partial charge in [0.05, 0.1) is 6.04 Å². The number of aromatic hydroxyl groups is 1. The van der Waals surface area contributed by atoms with Crippen LogP contribution in [0.2, 0.25) is 0 Å². The summed E-state index contributed by atoms with van der Waals surface area (Å²) in [7, 11) is 0. The van der Waals surface area contributed by atoms with Crippen LogP contribution in [-0.2, 0) is 12.8 Å². The van der Waals surface area contributed by atoms with Gasteiger partial charge in [-0.25, -0.2) is 4.39 Å². The molecule has 1 saturated heterocycles. The SMILES string of the molecule is Cc1cc(F)ccc1N1CCc2cc(O)ccc2C1Cc1ccc(OCCN2CCCCC2)cc1. The lowest BCUT2D eigenvalue weighted by atomic mass is 9.87. The van der Waals surface area contributed by atoms with E-state index in [1.165, 1.54) is 49.0 Å². The van der Waals surface area contributed by atoms with Crippen LogP contribution in [0.5, 0.6) is 11.5 Å². The van der Waals surface area contributed by atoms with Crippen LogP contribution in [0, 0.1) is 12.7 Å². The van der Waals surface area contributed by atoms with Gasteiger partial charge in [0, 0.05) is 18.8 Å². The van der Waals surface area contributed by atoms with Crippen LogP contribution in [0.4, 0.5) is 10.1 Å². The number of fused-ring (bicyclic) bond motifs is 1. The Hall–Kier alpha value is -3.05. The molecule has 5 rings (SSSR count). The summed E-state index contributed by atoms with van der Waals surface area (Å²) in [6, 6.07) is 19.3. The van der Waals surface area contributed by atoms with Crippen LogP contribution in [-0.4, -0.2) is 42.8 Å². The van der Waals surface area contributed by atoms with Crippen molar-refractivity contribution in [3.8, 4) is 11.5 Å². The predicted molar refractivity (Wildman–Crippen MR) is 139 cm³/mol. The Labute approximate surface area is 208 Å². The lowest BCUT2D eigenvalue weighted by Gasteiger charge is -2.40. The second-order valence-electron chi connectivity index (χ2n) is 9.87. The predicted octanol–water partition coefficient (Wildman–Crippen LogP) is 6.05. The number of anilines is 1. The van der Waals surface area contributed by atoms with Crippen molar-refractivity contribution in [2.75, 3.05) is 37.7 Å². The zero-order valence-electron chi connectivity index (χ0n) is 20.5. The lowest BCUT2D eigenvalue weighted by Crippen LogP contribution is -2.37. The minimum absolute atomic E-state index is 0.106. The van der Waals surface area contributed by atoms with E-state index in [0.29, 0.717) is 5.75 Å². The van der Waals surface area contributed by atoms with Crippen LogP contribution in [0.25, 0.3) is 0 Å². The highest BCUT2D eigenvalue weighted by Gasteiger charge is 2.29. The molecule has 2 heterocycles. The summed E-state index contributed by atoms with van der Waals surface area (Å²) < 4.78 is 19.8. The molecule has 5 heteroatoms. The van der Waals surface area contributed by atoms with Crippen LogP contribution in [0.3, 0.4) is 0 Å². The van der Waals surface area contributed by atoms with E-state index in [9.17, 15) is 9.50 Å². The fourth-order valence-corrected chi connectivity index (χ4v) is 5.57. The Morgan fingerprint density at radius 2 is 1.74 bits per heavy atom. The average molecular weight is 475 g/mol. The molecule has 35 heavy (non-hydrogen) atoms. The van der Waals surface area contributed by atoms with Gasteiger partial charge < -0.3 is 14.7 Å². The number of halogens is 1. The fraction of sp³-hybridized carbons (Fsp3) is 0.400. The molecular weight excluding hydrogens is 439 g/mol. The summed E-state index contributed by atoms with van der Waals surface area (Å²) >= 11 is 0. The average Bonchev–Trinajstić information content (AvgIpc) is 2.86. The summed E-state index contributed by atoms with van der Waals surface area (Å²) in [5.41, 5.74) is 5.63. The molecule has 1 atom stereocenters. The molecule has 0 amide bonds. The lowest BCUT2D eigenvalue weighted by molar-refractivity contribution is 0.183. The molecule has 0 radical (unpaired) electrons. The summed E-state index contributed by atoms with van der Waals surface area (Å²) in [6.45, 7) is 6.87. The van der Waals surface area contributed by atoms with Gasteiger partial charge in [0.25, 0.3) is 0 Å². The highest BCUT2D eigenvalue weighted by Crippen LogP contribution is 2.38. The number of rotatable bonds is 7. The van der Waals surface area contributed by atoms with E-state index >= 15 is 0 Å². The van der Waals surface area contributed by atoms with E-state index in [1.54, 1.807) is 18.2 Å². The van der Waals surface area contributed by atoms with Crippen LogP contribution < -0.4 is 9.64 Å². The zero-order valence-corrected chi connectivity index (χ0v) is 20.5.